The predicted molar refractivity (Wildman–Crippen MR) is 117 cm³/mol. The molecular weight excluding hydrogens is 442 g/mol. The largest absolute Gasteiger partial charge is 0.507 e. The lowest BCUT2D eigenvalue weighted by molar-refractivity contribution is -0.175. The van der Waals surface area contributed by atoms with Crippen LogP contribution in [-0.4, -0.2) is 50.6 Å². The van der Waals surface area contributed by atoms with Crippen LogP contribution in [0, 0.1) is 23.7 Å². The second kappa shape index (κ2) is 8.54. The van der Waals surface area contributed by atoms with Gasteiger partial charge in [-0.25, -0.2) is 0 Å². The number of unbranched alkanes of at least 4 members (excludes halogenated alkanes) is 2. The summed E-state index contributed by atoms with van der Waals surface area (Å²) in [7, 11) is 0. The minimum Gasteiger partial charge on any atom is -0.507 e. The van der Waals surface area contributed by atoms with Crippen molar-refractivity contribution in [3.63, 3.8) is 0 Å². The molecule has 0 aliphatic heterocycles. The van der Waals surface area contributed by atoms with Crippen LogP contribution in [0.5, 0.6) is 5.75 Å². The molecule has 9 nitrogen and oxygen atoms in total. The number of aliphatic hydroxyl groups is 1. The zero-order valence-electron chi connectivity index (χ0n) is 18.8. The Labute approximate surface area is 195 Å². The third-order valence-electron chi connectivity index (χ3n) is 7.59. The maximum atomic E-state index is 13.4. The summed E-state index contributed by atoms with van der Waals surface area (Å²) in [5.74, 6) is -10.8. The number of primary amides is 1. The van der Waals surface area contributed by atoms with Gasteiger partial charge < -0.3 is 15.9 Å². The van der Waals surface area contributed by atoms with Gasteiger partial charge in [0.1, 0.15) is 5.75 Å². The number of rotatable bonds is 6. The summed E-state index contributed by atoms with van der Waals surface area (Å²) < 4.78 is 0. The van der Waals surface area contributed by atoms with E-state index in [-0.39, 0.29) is 36.4 Å². The molecule has 2 saturated carbocycles. The van der Waals surface area contributed by atoms with E-state index in [0.29, 0.717) is 17.5 Å². The summed E-state index contributed by atoms with van der Waals surface area (Å²) in [5.41, 5.74) is 3.01. The van der Waals surface area contributed by atoms with Crippen LogP contribution >= 0.6 is 0 Å². The Hall–Kier alpha value is -3.20. The number of ketones is 5. The van der Waals surface area contributed by atoms with Crippen LogP contribution in [-0.2, 0) is 25.6 Å². The second-order valence-corrected chi connectivity index (χ2v) is 9.61. The fourth-order valence-corrected chi connectivity index (χ4v) is 5.90. The van der Waals surface area contributed by atoms with Gasteiger partial charge in [0.05, 0.1) is 11.5 Å². The summed E-state index contributed by atoms with van der Waals surface area (Å²) in [5, 5.41) is 21.6. The van der Waals surface area contributed by atoms with Crippen molar-refractivity contribution >= 4 is 34.8 Å². The predicted octanol–water partition coefficient (Wildman–Crippen LogP) is 1.09. The van der Waals surface area contributed by atoms with E-state index in [9.17, 15) is 39.0 Å². The molecular formula is C25H27NO8. The van der Waals surface area contributed by atoms with E-state index in [1.807, 2.05) is 6.92 Å². The molecule has 0 spiro atoms. The lowest BCUT2D eigenvalue weighted by Crippen LogP contribution is -2.68. The van der Waals surface area contributed by atoms with Gasteiger partial charge in [0.2, 0.25) is 5.91 Å². The highest BCUT2D eigenvalue weighted by molar-refractivity contribution is 6.31. The molecule has 180 valence electrons. The van der Waals surface area contributed by atoms with Gasteiger partial charge in [-0.05, 0) is 42.9 Å². The summed E-state index contributed by atoms with van der Waals surface area (Å²) in [4.78, 5) is 76.7. The molecule has 3 aliphatic rings. The third-order valence-corrected chi connectivity index (χ3v) is 7.59. The smallest absolute Gasteiger partial charge is 0.235 e. The fraction of sp³-hybridized carbons (Fsp3) is 0.520. The van der Waals surface area contributed by atoms with E-state index in [0.717, 1.165) is 12.8 Å². The number of nitrogens with two attached hydrogens (primary N) is 1. The number of benzene rings is 1. The molecule has 0 heterocycles. The van der Waals surface area contributed by atoms with Crippen molar-refractivity contribution < 1.29 is 39.0 Å². The third kappa shape index (κ3) is 3.41. The first-order valence-electron chi connectivity index (χ1n) is 11.6. The quantitative estimate of drug-likeness (QED) is 0.316. The summed E-state index contributed by atoms with van der Waals surface area (Å²) in [6.45, 7) is 2.01. The molecule has 4 N–H and O–H groups in total. The number of carbonyl (C=O) groups is 6. The lowest BCUT2D eigenvalue weighted by atomic mass is 9.53. The summed E-state index contributed by atoms with van der Waals surface area (Å²) >= 11 is 0. The van der Waals surface area contributed by atoms with Crippen LogP contribution < -0.4 is 5.73 Å². The van der Waals surface area contributed by atoms with Gasteiger partial charge >= 0.3 is 0 Å². The lowest BCUT2D eigenvalue weighted by Gasteiger charge is -2.48. The Morgan fingerprint density at radius 2 is 1.79 bits per heavy atom. The van der Waals surface area contributed by atoms with E-state index < -0.39 is 64.7 Å². The number of amides is 1. The van der Waals surface area contributed by atoms with Crippen LogP contribution in [0.3, 0.4) is 0 Å². The first kappa shape index (κ1) is 23.9. The summed E-state index contributed by atoms with van der Waals surface area (Å²) in [6, 6.07) is 2.71. The number of fused-ring (bicyclic) bond motifs is 3. The molecule has 3 aliphatic carbocycles. The maximum absolute atomic E-state index is 13.4. The Kier molecular flexibility index (Phi) is 6.01. The average molecular weight is 469 g/mol. The first-order valence-corrected chi connectivity index (χ1v) is 11.6. The van der Waals surface area contributed by atoms with E-state index in [2.05, 4.69) is 0 Å². The van der Waals surface area contributed by atoms with E-state index in [4.69, 9.17) is 5.73 Å². The molecule has 34 heavy (non-hydrogen) atoms. The molecule has 1 amide bonds. The van der Waals surface area contributed by atoms with Crippen LogP contribution in [0.2, 0.25) is 0 Å². The van der Waals surface area contributed by atoms with Gasteiger partial charge in [-0.15, -0.1) is 0 Å². The molecule has 1 aromatic carbocycles. The van der Waals surface area contributed by atoms with Gasteiger partial charge in [-0.3, -0.25) is 28.8 Å². The second-order valence-electron chi connectivity index (χ2n) is 9.61. The first-order chi connectivity index (χ1) is 16.0. The van der Waals surface area contributed by atoms with Crippen molar-refractivity contribution in [2.24, 2.45) is 29.4 Å². The minimum absolute atomic E-state index is 0.000169. The Morgan fingerprint density at radius 1 is 1.09 bits per heavy atom. The standard InChI is InChI=1S/C25H27NO8/c1-2-3-4-5-15(27)13-6-7-16(28)19-14(13)9-11-8-12-10-17(29)20(24(26)33)23(32)25(12,34)22(31)18(11)21(19)30/h6-7,11-12,18,20,28,34H,2-5,8-10H2,1H3,(H2,26,33)/t11-,12+,18?,20?,25+/m1/s1. The van der Waals surface area contributed by atoms with Crippen LogP contribution in [0.4, 0.5) is 0 Å². The molecule has 0 bridgehead atoms. The van der Waals surface area contributed by atoms with E-state index in [1.165, 1.54) is 12.1 Å². The molecule has 9 heteroatoms. The SMILES string of the molecule is CCCCCC(=O)c1ccc(O)c2c1C[C@H]1C[C@H]3CC(=O)C(C(N)=O)C(=O)[C@@]3(O)C(=O)C1C2=O. The number of hydrogen-bond donors (Lipinski definition) is 3. The molecule has 2 fully saturated rings. The van der Waals surface area contributed by atoms with Crippen LogP contribution in [0.1, 0.15) is 71.7 Å². The van der Waals surface area contributed by atoms with Gasteiger partial charge in [0, 0.05) is 24.3 Å². The molecule has 1 aromatic rings. The van der Waals surface area contributed by atoms with E-state index in [1.54, 1.807) is 0 Å². The number of aromatic hydroxyl groups is 1. The molecule has 5 atom stereocenters. The summed E-state index contributed by atoms with van der Waals surface area (Å²) in [6.07, 6.45) is 2.49. The Bertz CT molecular complexity index is 1140. The van der Waals surface area contributed by atoms with Gasteiger partial charge in [-0.1, -0.05) is 19.8 Å². The van der Waals surface area contributed by atoms with Crippen molar-refractivity contribution in [2.75, 3.05) is 0 Å². The number of hydrogen-bond acceptors (Lipinski definition) is 8. The highest BCUT2D eigenvalue weighted by Crippen LogP contribution is 2.50. The monoisotopic (exact) mass is 469 g/mol. The van der Waals surface area contributed by atoms with Gasteiger partial charge in [0.15, 0.2) is 40.4 Å². The van der Waals surface area contributed by atoms with Crippen LogP contribution in [0.15, 0.2) is 12.1 Å². The molecule has 0 radical (unpaired) electrons. The van der Waals surface area contributed by atoms with Crippen LogP contribution in [0.25, 0.3) is 0 Å². The maximum Gasteiger partial charge on any atom is 0.235 e. The number of Topliss-reactive ketones (excluding diaryl/α,β-unsaturated/α-hetero) is 5. The van der Waals surface area contributed by atoms with Crippen molar-refractivity contribution in [2.45, 2.75) is 57.5 Å². The molecule has 0 saturated heterocycles. The highest BCUT2D eigenvalue weighted by atomic mass is 16.3. The average Bonchev–Trinajstić information content (AvgIpc) is 2.76. The number of phenols is 1. The molecule has 4 rings (SSSR count). The van der Waals surface area contributed by atoms with Crippen molar-refractivity contribution in [1.82, 2.24) is 0 Å². The molecule has 0 aromatic heterocycles. The zero-order chi connectivity index (χ0) is 24.9. The van der Waals surface area contributed by atoms with Crippen molar-refractivity contribution in [3.8, 4) is 5.75 Å². The van der Waals surface area contributed by atoms with Crippen molar-refractivity contribution in [1.29, 1.82) is 0 Å². The number of carbonyl (C=O) groups excluding carboxylic acids is 6. The minimum atomic E-state index is -2.68. The zero-order valence-corrected chi connectivity index (χ0v) is 18.8. The normalized spacial score (nSPS) is 30.4. The Balaban J connectivity index is 1.75. The Morgan fingerprint density at radius 3 is 2.44 bits per heavy atom. The number of phenolic OH excluding ortho intramolecular Hbond substituents is 1. The fourth-order valence-electron chi connectivity index (χ4n) is 5.90. The topological polar surface area (TPSA) is 169 Å². The van der Waals surface area contributed by atoms with Gasteiger partial charge in [-0.2, -0.15) is 0 Å². The highest BCUT2D eigenvalue weighted by Gasteiger charge is 2.66. The van der Waals surface area contributed by atoms with Crippen molar-refractivity contribution in [3.05, 3.63) is 28.8 Å². The van der Waals surface area contributed by atoms with Gasteiger partial charge in [0.25, 0.3) is 0 Å². The van der Waals surface area contributed by atoms with E-state index >= 15 is 0 Å². The molecule has 2 unspecified atom stereocenters.